The van der Waals surface area contributed by atoms with Gasteiger partial charge in [-0.3, -0.25) is 0 Å². The highest BCUT2D eigenvalue weighted by Crippen LogP contribution is 2.31. The van der Waals surface area contributed by atoms with E-state index in [1.165, 1.54) is 25.3 Å². The number of halogens is 2. The maximum Gasteiger partial charge on any atom is 0.336 e. The van der Waals surface area contributed by atoms with Crippen LogP contribution < -0.4 is 4.74 Å². The van der Waals surface area contributed by atoms with Gasteiger partial charge in [-0.1, -0.05) is 68.3 Å². The zero-order chi connectivity index (χ0) is 17.8. The molecule has 0 aliphatic heterocycles. The van der Waals surface area contributed by atoms with E-state index in [4.69, 9.17) is 32.7 Å². The normalized spacial score (nSPS) is 10.8. The van der Waals surface area contributed by atoms with Crippen molar-refractivity contribution in [3.63, 3.8) is 0 Å². The number of benzene rings is 1. The van der Waals surface area contributed by atoms with Crippen LogP contribution in [0.4, 0.5) is 0 Å². The monoisotopic (exact) mass is 372 g/mol. The Labute approximate surface area is 152 Å². The quantitative estimate of drug-likeness (QED) is 0.240. The maximum absolute atomic E-state index is 11.6. The fourth-order valence-corrected chi connectivity index (χ4v) is 2.28. The fourth-order valence-electron chi connectivity index (χ4n) is 1.94. The standard InChI is InChI=1S/C18H22Cl2O4/c1-2-3-4-5-6-7-13-23-16(21)11-12-17(22)24-15-10-8-9-14(19)18(15)20/h8-12H,2-7,13H2,1H3/b12-11+. The van der Waals surface area contributed by atoms with Gasteiger partial charge in [-0.05, 0) is 18.6 Å². The zero-order valence-electron chi connectivity index (χ0n) is 13.7. The summed E-state index contributed by atoms with van der Waals surface area (Å²) < 4.78 is 10.0. The molecule has 0 amide bonds. The minimum Gasteiger partial charge on any atom is -0.463 e. The van der Waals surface area contributed by atoms with E-state index in [-0.39, 0.29) is 15.8 Å². The lowest BCUT2D eigenvalue weighted by Gasteiger charge is -2.04. The summed E-state index contributed by atoms with van der Waals surface area (Å²) in [5.74, 6) is -1.16. The SMILES string of the molecule is CCCCCCCCOC(=O)/C=C/C(=O)Oc1cccc(Cl)c1Cl. The van der Waals surface area contributed by atoms with Gasteiger partial charge in [-0.2, -0.15) is 0 Å². The van der Waals surface area contributed by atoms with E-state index in [2.05, 4.69) is 6.92 Å². The number of unbranched alkanes of at least 4 members (excludes halogenated alkanes) is 5. The maximum atomic E-state index is 11.6. The van der Waals surface area contributed by atoms with E-state index in [0.29, 0.717) is 6.61 Å². The van der Waals surface area contributed by atoms with Gasteiger partial charge >= 0.3 is 11.9 Å². The summed E-state index contributed by atoms with van der Waals surface area (Å²) in [4.78, 5) is 23.1. The van der Waals surface area contributed by atoms with Gasteiger partial charge in [0.05, 0.1) is 11.6 Å². The first-order valence-electron chi connectivity index (χ1n) is 8.05. The molecule has 0 aliphatic rings. The molecule has 0 saturated heterocycles. The molecule has 1 aromatic rings. The molecule has 6 heteroatoms. The Morgan fingerprint density at radius 3 is 2.42 bits per heavy atom. The second-order valence-electron chi connectivity index (χ2n) is 5.24. The topological polar surface area (TPSA) is 52.6 Å². The van der Waals surface area contributed by atoms with Gasteiger partial charge in [0, 0.05) is 12.2 Å². The Bertz CT molecular complexity index is 570. The molecule has 4 nitrogen and oxygen atoms in total. The van der Waals surface area contributed by atoms with Crippen molar-refractivity contribution >= 4 is 35.1 Å². The number of ether oxygens (including phenoxy) is 2. The Hall–Kier alpha value is -1.52. The molecule has 0 unspecified atom stereocenters. The molecule has 0 radical (unpaired) electrons. The highest BCUT2D eigenvalue weighted by molar-refractivity contribution is 6.43. The molecule has 1 rings (SSSR count). The molecule has 0 spiro atoms. The molecule has 24 heavy (non-hydrogen) atoms. The van der Waals surface area contributed by atoms with Crippen LogP contribution in [0.5, 0.6) is 5.75 Å². The molecule has 0 saturated carbocycles. The number of rotatable bonds is 10. The van der Waals surface area contributed by atoms with E-state index in [1.807, 2.05) is 0 Å². The highest BCUT2D eigenvalue weighted by atomic mass is 35.5. The van der Waals surface area contributed by atoms with Crippen molar-refractivity contribution in [2.75, 3.05) is 6.61 Å². The summed E-state index contributed by atoms with van der Waals surface area (Å²) in [6.45, 7) is 2.52. The average Bonchev–Trinajstić information content (AvgIpc) is 2.56. The van der Waals surface area contributed by atoms with Crippen molar-refractivity contribution in [1.82, 2.24) is 0 Å². The molecule has 0 fully saturated rings. The molecular formula is C18H22Cl2O4. The van der Waals surface area contributed by atoms with Crippen molar-refractivity contribution in [1.29, 1.82) is 0 Å². The van der Waals surface area contributed by atoms with Crippen LogP contribution in [-0.2, 0) is 14.3 Å². The largest absolute Gasteiger partial charge is 0.463 e. The van der Waals surface area contributed by atoms with Gasteiger partial charge < -0.3 is 9.47 Å². The van der Waals surface area contributed by atoms with Gasteiger partial charge in [0.15, 0.2) is 5.75 Å². The third-order valence-corrected chi connectivity index (χ3v) is 4.03. The molecule has 0 aliphatic carbocycles. The second-order valence-corrected chi connectivity index (χ2v) is 6.03. The van der Waals surface area contributed by atoms with E-state index < -0.39 is 11.9 Å². The van der Waals surface area contributed by atoms with Crippen molar-refractivity contribution in [2.45, 2.75) is 45.4 Å². The first-order valence-corrected chi connectivity index (χ1v) is 8.80. The van der Waals surface area contributed by atoms with Gasteiger partial charge in [-0.25, -0.2) is 9.59 Å². The van der Waals surface area contributed by atoms with Crippen molar-refractivity contribution in [3.8, 4) is 5.75 Å². The number of carbonyl (C=O) groups is 2. The third-order valence-electron chi connectivity index (χ3n) is 3.22. The van der Waals surface area contributed by atoms with Crippen LogP contribution in [0, 0.1) is 0 Å². The Kier molecular flexibility index (Phi) is 10.2. The molecule has 0 heterocycles. The smallest absolute Gasteiger partial charge is 0.336 e. The third kappa shape index (κ3) is 8.37. The molecule has 132 valence electrons. The molecule has 0 bridgehead atoms. The number of carbonyl (C=O) groups excluding carboxylic acids is 2. The summed E-state index contributed by atoms with van der Waals surface area (Å²) in [6.07, 6.45) is 8.70. The molecule has 0 N–H and O–H groups in total. The minimum absolute atomic E-state index is 0.138. The zero-order valence-corrected chi connectivity index (χ0v) is 15.2. The Morgan fingerprint density at radius 1 is 1.00 bits per heavy atom. The van der Waals surface area contributed by atoms with Crippen LogP contribution in [-0.4, -0.2) is 18.5 Å². The van der Waals surface area contributed by atoms with Gasteiger partial charge in [0.1, 0.15) is 5.02 Å². The van der Waals surface area contributed by atoms with Crippen LogP contribution in [0.3, 0.4) is 0 Å². The fraction of sp³-hybridized carbons (Fsp3) is 0.444. The highest BCUT2D eigenvalue weighted by Gasteiger charge is 2.09. The summed E-state index contributed by atoms with van der Waals surface area (Å²) in [5, 5.41) is 0.427. The minimum atomic E-state index is -0.726. The first kappa shape index (κ1) is 20.5. The number of hydrogen-bond acceptors (Lipinski definition) is 4. The lowest BCUT2D eigenvalue weighted by Crippen LogP contribution is -2.07. The van der Waals surface area contributed by atoms with Crippen LogP contribution in [0.25, 0.3) is 0 Å². The van der Waals surface area contributed by atoms with Crippen molar-refractivity contribution in [2.24, 2.45) is 0 Å². The molecular weight excluding hydrogens is 351 g/mol. The van der Waals surface area contributed by atoms with E-state index >= 15 is 0 Å². The van der Waals surface area contributed by atoms with Crippen LogP contribution in [0.2, 0.25) is 10.0 Å². The second kappa shape index (κ2) is 11.9. The van der Waals surface area contributed by atoms with Crippen LogP contribution >= 0.6 is 23.2 Å². The first-order chi connectivity index (χ1) is 11.5. The van der Waals surface area contributed by atoms with Crippen molar-refractivity contribution in [3.05, 3.63) is 40.4 Å². The molecule has 0 aromatic heterocycles. The van der Waals surface area contributed by atoms with Crippen molar-refractivity contribution < 1.29 is 19.1 Å². The molecule has 0 atom stereocenters. The van der Waals surface area contributed by atoms with Gasteiger partial charge in [0.25, 0.3) is 0 Å². The summed E-state index contributed by atoms with van der Waals surface area (Å²) in [5.41, 5.74) is 0. The van der Waals surface area contributed by atoms with Crippen LogP contribution in [0.1, 0.15) is 45.4 Å². The average molecular weight is 373 g/mol. The predicted molar refractivity (Wildman–Crippen MR) is 95.6 cm³/mol. The number of hydrogen-bond donors (Lipinski definition) is 0. The van der Waals surface area contributed by atoms with Gasteiger partial charge in [0.2, 0.25) is 0 Å². The van der Waals surface area contributed by atoms with E-state index in [1.54, 1.807) is 12.1 Å². The van der Waals surface area contributed by atoms with E-state index in [9.17, 15) is 9.59 Å². The lowest BCUT2D eigenvalue weighted by molar-refractivity contribution is -0.138. The number of esters is 2. The Balaban J connectivity index is 2.26. The predicted octanol–water partition coefficient (Wildman–Crippen LogP) is 5.36. The van der Waals surface area contributed by atoms with Crippen LogP contribution in [0.15, 0.2) is 30.4 Å². The summed E-state index contributed by atoms with van der Waals surface area (Å²) in [7, 11) is 0. The Morgan fingerprint density at radius 2 is 1.67 bits per heavy atom. The summed E-state index contributed by atoms with van der Waals surface area (Å²) in [6, 6.07) is 4.70. The molecule has 1 aromatic carbocycles. The van der Waals surface area contributed by atoms with Gasteiger partial charge in [-0.15, -0.1) is 0 Å². The van der Waals surface area contributed by atoms with E-state index in [0.717, 1.165) is 31.4 Å². The summed E-state index contributed by atoms with van der Waals surface area (Å²) >= 11 is 11.7. The lowest BCUT2D eigenvalue weighted by atomic mass is 10.1.